The van der Waals surface area contributed by atoms with Gasteiger partial charge in [-0.1, -0.05) is 17.7 Å². The lowest BCUT2D eigenvalue weighted by Gasteiger charge is -2.08. The fourth-order valence-corrected chi connectivity index (χ4v) is 3.49. The number of furan rings is 1. The number of esters is 2. The third kappa shape index (κ3) is 4.91. The van der Waals surface area contributed by atoms with Gasteiger partial charge in [-0.05, 0) is 38.1 Å². The molecule has 3 aromatic rings. The third-order valence-electron chi connectivity index (χ3n) is 3.93. The maximum absolute atomic E-state index is 12.4. The van der Waals surface area contributed by atoms with Crippen molar-refractivity contribution >= 4 is 34.2 Å². The second-order valence-corrected chi connectivity index (χ2v) is 6.92. The van der Waals surface area contributed by atoms with Gasteiger partial charge in [-0.2, -0.15) is 0 Å². The van der Waals surface area contributed by atoms with Crippen LogP contribution in [0.4, 0.5) is 5.00 Å². The molecule has 2 aromatic heterocycles. The summed E-state index contributed by atoms with van der Waals surface area (Å²) in [6, 6.07) is 10.2. The van der Waals surface area contributed by atoms with E-state index in [0.717, 1.165) is 16.9 Å². The largest absolute Gasteiger partial charge is 0.464 e. The van der Waals surface area contributed by atoms with Crippen LogP contribution < -0.4 is 5.32 Å². The number of anilines is 1. The lowest BCUT2D eigenvalue weighted by atomic mass is 10.1. The van der Waals surface area contributed by atoms with Crippen LogP contribution in [-0.4, -0.2) is 31.1 Å². The Balaban J connectivity index is 1.70. The first-order valence-corrected chi connectivity index (χ1v) is 9.73. The first kappa shape index (κ1) is 20.3. The zero-order valence-electron chi connectivity index (χ0n) is 15.9. The molecular weight excluding hydrogens is 394 g/mol. The quantitative estimate of drug-likeness (QED) is 0.581. The standard InChI is InChI=1S/C21H19NO6S/c1-3-26-21(25)18-15(16-5-4-10-27-16)12-29-19(18)22-17(23)11-28-20(24)14-8-6-13(2)7-9-14/h4-10,12H,3,11H2,1-2H3,(H,22,23). The SMILES string of the molecule is CCOC(=O)c1c(-c2ccco2)csc1NC(=O)COC(=O)c1ccc(C)cc1. The van der Waals surface area contributed by atoms with Gasteiger partial charge in [-0.3, -0.25) is 4.79 Å². The number of hydrogen-bond donors (Lipinski definition) is 1. The number of hydrogen-bond acceptors (Lipinski definition) is 7. The van der Waals surface area contributed by atoms with E-state index in [4.69, 9.17) is 13.9 Å². The van der Waals surface area contributed by atoms with Gasteiger partial charge in [0.2, 0.25) is 0 Å². The molecule has 7 nitrogen and oxygen atoms in total. The molecule has 0 aliphatic heterocycles. The average Bonchev–Trinajstić information content (AvgIpc) is 3.36. The fraction of sp³-hybridized carbons (Fsp3) is 0.190. The number of rotatable bonds is 7. The molecule has 0 radical (unpaired) electrons. The van der Waals surface area contributed by atoms with Gasteiger partial charge in [-0.15, -0.1) is 11.3 Å². The Kier molecular flexibility index (Phi) is 6.46. The zero-order valence-corrected chi connectivity index (χ0v) is 16.7. The molecule has 150 valence electrons. The Labute approximate surface area is 171 Å². The summed E-state index contributed by atoms with van der Waals surface area (Å²) < 4.78 is 15.5. The Hall–Kier alpha value is -3.39. The van der Waals surface area contributed by atoms with E-state index in [9.17, 15) is 14.4 Å². The summed E-state index contributed by atoms with van der Waals surface area (Å²) in [6.45, 7) is 3.30. The second kappa shape index (κ2) is 9.20. The van der Waals surface area contributed by atoms with E-state index in [-0.39, 0.29) is 12.2 Å². The van der Waals surface area contributed by atoms with E-state index in [0.29, 0.717) is 21.9 Å². The average molecular weight is 413 g/mol. The highest BCUT2D eigenvalue weighted by Gasteiger charge is 2.24. The number of aryl methyl sites for hydroxylation is 1. The van der Waals surface area contributed by atoms with Crippen LogP contribution in [0, 0.1) is 6.92 Å². The number of carbonyl (C=O) groups excluding carboxylic acids is 3. The highest BCUT2D eigenvalue weighted by Crippen LogP contribution is 2.36. The minimum Gasteiger partial charge on any atom is -0.464 e. The number of benzene rings is 1. The van der Waals surface area contributed by atoms with Gasteiger partial charge in [0, 0.05) is 10.9 Å². The summed E-state index contributed by atoms with van der Waals surface area (Å²) in [5.74, 6) is -1.26. The van der Waals surface area contributed by atoms with Crippen LogP contribution in [0.2, 0.25) is 0 Å². The Morgan fingerprint density at radius 1 is 1.07 bits per heavy atom. The van der Waals surface area contributed by atoms with Crippen LogP contribution in [0.1, 0.15) is 33.2 Å². The predicted octanol–water partition coefficient (Wildman–Crippen LogP) is 4.29. The van der Waals surface area contributed by atoms with E-state index in [1.807, 2.05) is 6.92 Å². The molecule has 3 rings (SSSR count). The summed E-state index contributed by atoms with van der Waals surface area (Å²) in [5.41, 5.74) is 2.08. The summed E-state index contributed by atoms with van der Waals surface area (Å²) in [6.07, 6.45) is 1.49. The van der Waals surface area contributed by atoms with Crippen LogP contribution in [0.15, 0.2) is 52.5 Å². The van der Waals surface area contributed by atoms with Crippen molar-refractivity contribution in [3.05, 3.63) is 64.7 Å². The topological polar surface area (TPSA) is 94.8 Å². The van der Waals surface area contributed by atoms with Crippen molar-refractivity contribution in [3.63, 3.8) is 0 Å². The number of carbonyl (C=O) groups is 3. The molecule has 0 aliphatic rings. The van der Waals surface area contributed by atoms with Crippen molar-refractivity contribution < 1.29 is 28.3 Å². The number of nitrogens with one attached hydrogen (secondary N) is 1. The lowest BCUT2D eigenvalue weighted by Crippen LogP contribution is -2.21. The van der Waals surface area contributed by atoms with E-state index in [1.165, 1.54) is 6.26 Å². The molecule has 29 heavy (non-hydrogen) atoms. The van der Waals surface area contributed by atoms with Crippen LogP contribution in [0.3, 0.4) is 0 Å². The molecule has 0 aliphatic carbocycles. The van der Waals surface area contributed by atoms with Gasteiger partial charge in [0.1, 0.15) is 16.3 Å². The van der Waals surface area contributed by atoms with Gasteiger partial charge in [0.15, 0.2) is 6.61 Å². The highest BCUT2D eigenvalue weighted by atomic mass is 32.1. The Morgan fingerprint density at radius 3 is 2.48 bits per heavy atom. The molecule has 0 spiro atoms. The van der Waals surface area contributed by atoms with E-state index < -0.39 is 24.5 Å². The van der Waals surface area contributed by atoms with Crippen molar-refractivity contribution in [2.45, 2.75) is 13.8 Å². The second-order valence-electron chi connectivity index (χ2n) is 6.04. The smallest absolute Gasteiger partial charge is 0.341 e. The van der Waals surface area contributed by atoms with Crippen molar-refractivity contribution in [2.24, 2.45) is 0 Å². The molecule has 0 unspecified atom stereocenters. The van der Waals surface area contributed by atoms with Crippen molar-refractivity contribution in [3.8, 4) is 11.3 Å². The monoisotopic (exact) mass is 413 g/mol. The highest BCUT2D eigenvalue weighted by molar-refractivity contribution is 7.15. The maximum Gasteiger partial charge on any atom is 0.341 e. The molecule has 2 heterocycles. The van der Waals surface area contributed by atoms with Gasteiger partial charge in [-0.25, -0.2) is 9.59 Å². The first-order valence-electron chi connectivity index (χ1n) is 8.85. The molecule has 0 fully saturated rings. The normalized spacial score (nSPS) is 10.4. The predicted molar refractivity (Wildman–Crippen MR) is 108 cm³/mol. The molecule has 8 heteroatoms. The molecule has 1 amide bonds. The zero-order chi connectivity index (χ0) is 20.8. The van der Waals surface area contributed by atoms with Crippen LogP contribution in [0.5, 0.6) is 0 Å². The first-order chi connectivity index (χ1) is 14.0. The van der Waals surface area contributed by atoms with Crippen molar-refractivity contribution in [1.29, 1.82) is 0 Å². The molecule has 0 saturated carbocycles. The lowest BCUT2D eigenvalue weighted by molar-refractivity contribution is -0.119. The molecule has 0 saturated heterocycles. The van der Waals surface area contributed by atoms with E-state index >= 15 is 0 Å². The van der Waals surface area contributed by atoms with Crippen LogP contribution >= 0.6 is 11.3 Å². The van der Waals surface area contributed by atoms with Crippen molar-refractivity contribution in [2.75, 3.05) is 18.5 Å². The summed E-state index contributed by atoms with van der Waals surface area (Å²) >= 11 is 1.16. The summed E-state index contributed by atoms with van der Waals surface area (Å²) in [4.78, 5) is 36.7. The minimum absolute atomic E-state index is 0.188. The number of amides is 1. The summed E-state index contributed by atoms with van der Waals surface area (Å²) in [5, 5.41) is 4.60. The fourth-order valence-electron chi connectivity index (χ4n) is 2.54. The van der Waals surface area contributed by atoms with Crippen LogP contribution in [-0.2, 0) is 14.3 Å². The molecule has 0 bridgehead atoms. The van der Waals surface area contributed by atoms with Crippen LogP contribution in [0.25, 0.3) is 11.3 Å². The number of thiophene rings is 1. The maximum atomic E-state index is 12.4. The van der Waals surface area contributed by atoms with Gasteiger partial charge < -0.3 is 19.2 Å². The number of ether oxygens (including phenoxy) is 2. The minimum atomic E-state index is -0.603. The van der Waals surface area contributed by atoms with Crippen molar-refractivity contribution in [1.82, 2.24) is 0 Å². The molecule has 1 aromatic carbocycles. The molecule has 1 N–H and O–H groups in total. The van der Waals surface area contributed by atoms with Gasteiger partial charge in [0.05, 0.1) is 18.4 Å². The third-order valence-corrected chi connectivity index (χ3v) is 4.83. The Morgan fingerprint density at radius 2 is 1.83 bits per heavy atom. The van der Waals surface area contributed by atoms with Gasteiger partial charge >= 0.3 is 11.9 Å². The molecule has 0 atom stereocenters. The molecular formula is C21H19NO6S. The van der Waals surface area contributed by atoms with E-state index in [1.54, 1.807) is 48.7 Å². The Bertz CT molecular complexity index is 1000. The van der Waals surface area contributed by atoms with E-state index in [2.05, 4.69) is 5.32 Å². The summed E-state index contributed by atoms with van der Waals surface area (Å²) in [7, 11) is 0. The van der Waals surface area contributed by atoms with Gasteiger partial charge in [0.25, 0.3) is 5.91 Å².